The Morgan fingerprint density at radius 1 is 1.42 bits per heavy atom. The van der Waals surface area contributed by atoms with Crippen molar-refractivity contribution in [3.63, 3.8) is 0 Å². The van der Waals surface area contributed by atoms with Crippen LogP contribution in [-0.2, 0) is 6.42 Å². The van der Waals surface area contributed by atoms with Crippen molar-refractivity contribution in [2.45, 2.75) is 32.7 Å². The highest BCUT2D eigenvalue weighted by molar-refractivity contribution is 6.32. The molecule has 2 aromatic rings. The van der Waals surface area contributed by atoms with Crippen LogP contribution < -0.4 is 5.32 Å². The van der Waals surface area contributed by atoms with E-state index in [2.05, 4.69) is 34.3 Å². The van der Waals surface area contributed by atoms with Gasteiger partial charge >= 0.3 is 0 Å². The summed E-state index contributed by atoms with van der Waals surface area (Å²) >= 11 is 6.04. The summed E-state index contributed by atoms with van der Waals surface area (Å²) in [6.45, 7) is 5.17. The minimum atomic E-state index is 0.442. The van der Waals surface area contributed by atoms with Crippen LogP contribution in [0.4, 0.5) is 0 Å². The van der Waals surface area contributed by atoms with Gasteiger partial charge in [0.05, 0.1) is 5.02 Å². The fourth-order valence-electron chi connectivity index (χ4n) is 1.63. The van der Waals surface area contributed by atoms with Crippen molar-refractivity contribution in [3.05, 3.63) is 29.2 Å². The van der Waals surface area contributed by atoms with Crippen LogP contribution in [-0.4, -0.2) is 27.7 Å². The maximum absolute atomic E-state index is 6.04. The van der Waals surface area contributed by atoms with E-state index in [1.54, 1.807) is 18.3 Å². The Bertz CT molecular complexity index is 527. The highest BCUT2D eigenvalue weighted by Crippen LogP contribution is 2.22. The lowest BCUT2D eigenvalue weighted by atomic mass is 10.3. The standard InChI is InChI=1S/C13H17ClN4O/c1-9(2)15-7-4-6-11-17-13(18-19-11)12-10(14)5-3-8-16-12/h3,5,8-9,15H,4,6-7H2,1-2H3. The molecule has 102 valence electrons. The third-order valence-electron chi connectivity index (χ3n) is 2.56. The quantitative estimate of drug-likeness (QED) is 0.824. The maximum Gasteiger partial charge on any atom is 0.227 e. The zero-order chi connectivity index (χ0) is 13.7. The highest BCUT2D eigenvalue weighted by atomic mass is 35.5. The van der Waals surface area contributed by atoms with Crippen LogP contribution in [0, 0.1) is 0 Å². The molecule has 0 radical (unpaired) electrons. The third-order valence-corrected chi connectivity index (χ3v) is 2.86. The molecule has 0 aliphatic rings. The molecule has 6 heteroatoms. The number of aryl methyl sites for hydroxylation is 1. The predicted octanol–water partition coefficient (Wildman–Crippen LogP) is 2.72. The van der Waals surface area contributed by atoms with Crippen LogP contribution in [0.15, 0.2) is 22.9 Å². The van der Waals surface area contributed by atoms with Crippen LogP contribution in [0.5, 0.6) is 0 Å². The summed E-state index contributed by atoms with van der Waals surface area (Å²) in [4.78, 5) is 8.46. The minimum absolute atomic E-state index is 0.442. The Morgan fingerprint density at radius 3 is 3.00 bits per heavy atom. The average molecular weight is 281 g/mol. The van der Waals surface area contributed by atoms with Gasteiger partial charge in [0.15, 0.2) is 0 Å². The number of nitrogens with one attached hydrogen (secondary N) is 1. The van der Waals surface area contributed by atoms with Crippen LogP contribution in [0.25, 0.3) is 11.5 Å². The van der Waals surface area contributed by atoms with Gasteiger partial charge in [-0.2, -0.15) is 4.98 Å². The Kier molecular flexibility index (Phi) is 4.87. The van der Waals surface area contributed by atoms with E-state index < -0.39 is 0 Å². The van der Waals surface area contributed by atoms with Crippen LogP contribution in [0.2, 0.25) is 5.02 Å². The molecular weight excluding hydrogens is 264 g/mol. The van der Waals surface area contributed by atoms with E-state index in [1.165, 1.54) is 0 Å². The van der Waals surface area contributed by atoms with Crippen molar-refractivity contribution >= 4 is 11.6 Å². The molecule has 0 saturated carbocycles. The Hall–Kier alpha value is -1.46. The van der Waals surface area contributed by atoms with Crippen molar-refractivity contribution in [1.29, 1.82) is 0 Å². The molecule has 19 heavy (non-hydrogen) atoms. The van der Waals surface area contributed by atoms with E-state index in [4.69, 9.17) is 16.1 Å². The second-order valence-electron chi connectivity index (χ2n) is 4.56. The average Bonchev–Trinajstić information content (AvgIpc) is 2.83. The van der Waals surface area contributed by atoms with E-state index in [0.717, 1.165) is 19.4 Å². The van der Waals surface area contributed by atoms with E-state index >= 15 is 0 Å². The molecule has 0 fully saturated rings. The predicted molar refractivity (Wildman–Crippen MR) is 74.0 cm³/mol. The summed E-state index contributed by atoms with van der Waals surface area (Å²) in [5.74, 6) is 1.06. The Balaban J connectivity index is 1.94. The lowest BCUT2D eigenvalue weighted by molar-refractivity contribution is 0.374. The van der Waals surface area contributed by atoms with Crippen LogP contribution >= 0.6 is 11.6 Å². The second-order valence-corrected chi connectivity index (χ2v) is 4.97. The normalized spacial score (nSPS) is 11.2. The van der Waals surface area contributed by atoms with E-state index in [0.29, 0.717) is 28.5 Å². The van der Waals surface area contributed by atoms with Gasteiger partial charge in [0.25, 0.3) is 0 Å². The fraction of sp³-hybridized carbons (Fsp3) is 0.462. The molecule has 0 aliphatic carbocycles. The molecule has 2 heterocycles. The van der Waals surface area contributed by atoms with Gasteiger partial charge < -0.3 is 9.84 Å². The topological polar surface area (TPSA) is 63.8 Å². The molecule has 2 aromatic heterocycles. The van der Waals surface area contributed by atoms with Crippen molar-refractivity contribution < 1.29 is 4.52 Å². The first-order chi connectivity index (χ1) is 9.16. The van der Waals surface area contributed by atoms with Gasteiger partial charge in [-0.1, -0.05) is 30.6 Å². The number of pyridine rings is 1. The smallest absolute Gasteiger partial charge is 0.227 e. The Labute approximate surface area is 117 Å². The highest BCUT2D eigenvalue weighted by Gasteiger charge is 2.12. The molecule has 0 atom stereocenters. The van der Waals surface area contributed by atoms with E-state index in [9.17, 15) is 0 Å². The van der Waals surface area contributed by atoms with Crippen molar-refractivity contribution in [2.75, 3.05) is 6.54 Å². The molecule has 0 amide bonds. The fourth-order valence-corrected chi connectivity index (χ4v) is 1.84. The van der Waals surface area contributed by atoms with Gasteiger partial charge in [-0.15, -0.1) is 0 Å². The van der Waals surface area contributed by atoms with Crippen molar-refractivity contribution in [1.82, 2.24) is 20.4 Å². The molecule has 0 spiro atoms. The minimum Gasteiger partial charge on any atom is -0.339 e. The molecular formula is C13H17ClN4O. The number of halogens is 1. The van der Waals surface area contributed by atoms with Crippen molar-refractivity contribution in [3.8, 4) is 11.5 Å². The summed E-state index contributed by atoms with van der Waals surface area (Å²) in [5, 5.41) is 7.77. The zero-order valence-electron chi connectivity index (χ0n) is 11.1. The first-order valence-electron chi connectivity index (χ1n) is 6.33. The number of nitrogens with zero attached hydrogens (tertiary/aromatic N) is 3. The number of hydrogen-bond acceptors (Lipinski definition) is 5. The second kappa shape index (κ2) is 6.63. The number of rotatable bonds is 6. The van der Waals surface area contributed by atoms with Gasteiger partial charge in [-0.25, -0.2) is 0 Å². The summed E-state index contributed by atoms with van der Waals surface area (Å²) in [6.07, 6.45) is 3.36. The summed E-state index contributed by atoms with van der Waals surface area (Å²) in [7, 11) is 0. The van der Waals surface area contributed by atoms with Gasteiger partial charge in [0.1, 0.15) is 5.69 Å². The molecule has 0 aliphatic heterocycles. The molecule has 5 nitrogen and oxygen atoms in total. The molecule has 1 N–H and O–H groups in total. The lowest BCUT2D eigenvalue weighted by Crippen LogP contribution is -2.23. The Morgan fingerprint density at radius 2 is 2.26 bits per heavy atom. The van der Waals surface area contributed by atoms with E-state index in [-0.39, 0.29) is 0 Å². The van der Waals surface area contributed by atoms with E-state index in [1.807, 2.05) is 0 Å². The monoisotopic (exact) mass is 280 g/mol. The van der Waals surface area contributed by atoms with Crippen molar-refractivity contribution in [2.24, 2.45) is 0 Å². The van der Waals surface area contributed by atoms with Crippen LogP contribution in [0.1, 0.15) is 26.2 Å². The van der Waals surface area contributed by atoms with Gasteiger partial charge in [-0.05, 0) is 25.1 Å². The van der Waals surface area contributed by atoms with Gasteiger partial charge in [-0.3, -0.25) is 4.98 Å². The maximum atomic E-state index is 6.04. The summed E-state index contributed by atoms with van der Waals surface area (Å²) in [6, 6.07) is 4.02. The third kappa shape index (κ3) is 4.01. The zero-order valence-corrected chi connectivity index (χ0v) is 11.8. The first-order valence-corrected chi connectivity index (χ1v) is 6.71. The number of hydrogen-bond donors (Lipinski definition) is 1. The van der Waals surface area contributed by atoms with Crippen LogP contribution in [0.3, 0.4) is 0 Å². The largest absolute Gasteiger partial charge is 0.339 e. The van der Waals surface area contributed by atoms with Gasteiger partial charge in [0.2, 0.25) is 11.7 Å². The summed E-state index contributed by atoms with van der Waals surface area (Å²) in [5.41, 5.74) is 0.555. The lowest BCUT2D eigenvalue weighted by Gasteiger charge is -2.05. The first kappa shape index (κ1) is 14.0. The summed E-state index contributed by atoms with van der Waals surface area (Å²) < 4.78 is 5.19. The SMILES string of the molecule is CC(C)NCCCc1nc(-c2ncccc2Cl)no1. The molecule has 0 aromatic carbocycles. The molecule has 2 rings (SSSR count). The number of aromatic nitrogens is 3. The molecule has 0 unspecified atom stereocenters. The molecule has 0 saturated heterocycles. The van der Waals surface area contributed by atoms with Gasteiger partial charge in [0, 0.05) is 18.7 Å². The molecule has 0 bridgehead atoms.